The molecule has 0 fully saturated rings. The molecule has 1 amide bonds. The summed E-state index contributed by atoms with van der Waals surface area (Å²) in [6.45, 7) is 4.49. The van der Waals surface area contributed by atoms with E-state index in [1.165, 1.54) is 12.3 Å². The van der Waals surface area contributed by atoms with Crippen LogP contribution in [0.1, 0.15) is 49.9 Å². The predicted molar refractivity (Wildman–Crippen MR) is 81.9 cm³/mol. The summed E-state index contributed by atoms with van der Waals surface area (Å²) in [5.41, 5.74) is -0.0798. The van der Waals surface area contributed by atoms with Gasteiger partial charge in [0.15, 0.2) is 11.6 Å². The number of aromatic nitrogens is 1. The summed E-state index contributed by atoms with van der Waals surface area (Å²) in [6.07, 6.45) is 3.21. The maximum atomic E-state index is 11.5. The number of unbranched alkanes of at least 4 members (excludes halogenated alkanes) is 2. The first-order chi connectivity index (χ1) is 10.5. The standard InChI is InChI=1S/C15H22N2O5/c1-3-5-9-17(15(20)21)13-12(22-10-6-4-2)11(14(18)19)7-8-16-13/h7-8H,3-6,9-10H2,1-2H3,(H,18,19)(H,20,21). The first kappa shape index (κ1) is 17.7. The van der Waals surface area contributed by atoms with Crippen LogP contribution in [0.5, 0.6) is 5.75 Å². The van der Waals surface area contributed by atoms with Gasteiger partial charge >= 0.3 is 12.1 Å². The van der Waals surface area contributed by atoms with Gasteiger partial charge in [0.1, 0.15) is 5.56 Å². The van der Waals surface area contributed by atoms with E-state index in [0.717, 1.165) is 24.2 Å². The first-order valence-corrected chi connectivity index (χ1v) is 7.38. The number of hydrogen-bond acceptors (Lipinski definition) is 4. The van der Waals surface area contributed by atoms with Crippen LogP contribution < -0.4 is 9.64 Å². The van der Waals surface area contributed by atoms with Gasteiger partial charge in [0.25, 0.3) is 0 Å². The molecule has 22 heavy (non-hydrogen) atoms. The lowest BCUT2D eigenvalue weighted by Gasteiger charge is -2.21. The van der Waals surface area contributed by atoms with Gasteiger partial charge in [-0.2, -0.15) is 0 Å². The molecule has 0 aliphatic rings. The largest absolute Gasteiger partial charge is 0.489 e. The predicted octanol–water partition coefficient (Wildman–Crippen LogP) is 3.24. The zero-order valence-electron chi connectivity index (χ0n) is 12.9. The van der Waals surface area contributed by atoms with Crippen LogP contribution in [0.25, 0.3) is 0 Å². The SMILES string of the molecule is CCCCOc1c(C(=O)O)ccnc1N(CCCC)C(=O)O. The normalized spacial score (nSPS) is 10.3. The number of carboxylic acid groups (broad SMARTS) is 2. The average molecular weight is 310 g/mol. The van der Waals surface area contributed by atoms with Crippen molar-refractivity contribution in [1.29, 1.82) is 0 Å². The van der Waals surface area contributed by atoms with E-state index < -0.39 is 12.1 Å². The number of amides is 1. The molecule has 1 heterocycles. The molecule has 0 spiro atoms. The summed E-state index contributed by atoms with van der Waals surface area (Å²) in [7, 11) is 0. The summed E-state index contributed by atoms with van der Waals surface area (Å²) >= 11 is 0. The first-order valence-electron chi connectivity index (χ1n) is 7.38. The molecule has 7 heteroatoms. The lowest BCUT2D eigenvalue weighted by molar-refractivity contribution is 0.0692. The molecule has 1 aromatic heterocycles. The van der Waals surface area contributed by atoms with Crippen LogP contribution in [0.4, 0.5) is 10.6 Å². The van der Waals surface area contributed by atoms with E-state index in [1.807, 2.05) is 13.8 Å². The molecule has 0 aromatic carbocycles. The Kier molecular flexibility index (Phi) is 7.15. The second-order valence-electron chi connectivity index (χ2n) is 4.81. The number of carbonyl (C=O) groups is 2. The van der Waals surface area contributed by atoms with E-state index in [9.17, 15) is 19.8 Å². The topological polar surface area (TPSA) is 100.0 Å². The highest BCUT2D eigenvalue weighted by atomic mass is 16.5. The second kappa shape index (κ2) is 8.86. The summed E-state index contributed by atoms with van der Waals surface area (Å²) in [5.74, 6) is -1.12. The van der Waals surface area contributed by atoms with Gasteiger partial charge in [-0.05, 0) is 18.9 Å². The van der Waals surface area contributed by atoms with Crippen molar-refractivity contribution >= 4 is 17.9 Å². The van der Waals surface area contributed by atoms with Crippen molar-refractivity contribution in [3.8, 4) is 5.75 Å². The Labute approximate surface area is 129 Å². The molecule has 0 unspecified atom stereocenters. The van der Waals surface area contributed by atoms with Crippen LogP contribution in [-0.2, 0) is 0 Å². The van der Waals surface area contributed by atoms with Crippen molar-refractivity contribution in [3.63, 3.8) is 0 Å². The van der Waals surface area contributed by atoms with Crippen LogP contribution in [0.3, 0.4) is 0 Å². The molecule has 0 saturated heterocycles. The molecule has 0 radical (unpaired) electrons. The highest BCUT2D eigenvalue weighted by molar-refractivity contribution is 5.95. The monoisotopic (exact) mass is 310 g/mol. The Morgan fingerprint density at radius 3 is 2.45 bits per heavy atom. The quantitative estimate of drug-likeness (QED) is 0.679. The van der Waals surface area contributed by atoms with Crippen LogP contribution >= 0.6 is 0 Å². The third kappa shape index (κ3) is 4.61. The molecule has 122 valence electrons. The van der Waals surface area contributed by atoms with Crippen LogP contribution in [0.2, 0.25) is 0 Å². The molecule has 1 aromatic rings. The zero-order chi connectivity index (χ0) is 16.5. The van der Waals surface area contributed by atoms with Gasteiger partial charge in [0.05, 0.1) is 6.61 Å². The number of aromatic carboxylic acids is 1. The van der Waals surface area contributed by atoms with Gasteiger partial charge in [0, 0.05) is 12.7 Å². The molecule has 0 bridgehead atoms. The minimum atomic E-state index is -1.18. The second-order valence-corrected chi connectivity index (χ2v) is 4.81. The summed E-state index contributed by atoms with van der Waals surface area (Å²) < 4.78 is 5.53. The maximum absolute atomic E-state index is 11.5. The van der Waals surface area contributed by atoms with Crippen molar-refractivity contribution in [2.45, 2.75) is 39.5 Å². The van der Waals surface area contributed by atoms with Gasteiger partial charge in [-0.1, -0.05) is 26.7 Å². The van der Waals surface area contributed by atoms with Gasteiger partial charge in [-0.3, -0.25) is 4.90 Å². The summed E-state index contributed by atoms with van der Waals surface area (Å²) in [5, 5.41) is 18.6. The fourth-order valence-corrected chi connectivity index (χ4v) is 1.87. The lowest BCUT2D eigenvalue weighted by Crippen LogP contribution is -2.32. The molecule has 2 N–H and O–H groups in total. The zero-order valence-corrected chi connectivity index (χ0v) is 12.9. The molecule has 0 aliphatic heterocycles. The van der Waals surface area contributed by atoms with Crippen LogP contribution in [0.15, 0.2) is 12.3 Å². The van der Waals surface area contributed by atoms with Crippen LogP contribution in [0, 0.1) is 0 Å². The Morgan fingerprint density at radius 1 is 1.23 bits per heavy atom. The maximum Gasteiger partial charge on any atom is 0.413 e. The number of ether oxygens (including phenoxy) is 1. The van der Waals surface area contributed by atoms with Crippen molar-refractivity contribution < 1.29 is 24.5 Å². The smallest absolute Gasteiger partial charge is 0.413 e. The molecule has 0 aliphatic carbocycles. The van der Waals surface area contributed by atoms with E-state index in [0.29, 0.717) is 13.0 Å². The van der Waals surface area contributed by atoms with Gasteiger partial charge in [0.2, 0.25) is 0 Å². The number of hydrogen-bond donors (Lipinski definition) is 2. The van der Waals surface area contributed by atoms with Gasteiger partial charge < -0.3 is 14.9 Å². The minimum absolute atomic E-state index is 0.0157. The molecule has 0 atom stereocenters. The Balaban J connectivity index is 3.21. The van der Waals surface area contributed by atoms with Gasteiger partial charge in [-0.25, -0.2) is 14.6 Å². The van der Waals surface area contributed by atoms with E-state index in [2.05, 4.69) is 4.98 Å². The van der Waals surface area contributed by atoms with Crippen molar-refractivity contribution in [2.24, 2.45) is 0 Å². The van der Waals surface area contributed by atoms with Gasteiger partial charge in [-0.15, -0.1) is 0 Å². The molecule has 7 nitrogen and oxygen atoms in total. The lowest BCUT2D eigenvalue weighted by atomic mass is 10.2. The number of rotatable bonds is 9. The van der Waals surface area contributed by atoms with E-state index in [-0.39, 0.29) is 23.7 Å². The van der Waals surface area contributed by atoms with E-state index >= 15 is 0 Å². The van der Waals surface area contributed by atoms with Crippen molar-refractivity contribution in [3.05, 3.63) is 17.8 Å². The highest BCUT2D eigenvalue weighted by Crippen LogP contribution is 2.30. The summed E-state index contributed by atoms with van der Waals surface area (Å²) in [4.78, 5) is 27.9. The molecular weight excluding hydrogens is 288 g/mol. The third-order valence-electron chi connectivity index (χ3n) is 3.08. The molecular formula is C15H22N2O5. The Morgan fingerprint density at radius 2 is 1.91 bits per heavy atom. The third-order valence-corrected chi connectivity index (χ3v) is 3.08. The average Bonchev–Trinajstić information content (AvgIpc) is 2.48. The van der Waals surface area contributed by atoms with Crippen molar-refractivity contribution in [2.75, 3.05) is 18.1 Å². The van der Waals surface area contributed by atoms with Crippen molar-refractivity contribution in [1.82, 2.24) is 4.98 Å². The fourth-order valence-electron chi connectivity index (χ4n) is 1.87. The number of anilines is 1. The Hall–Kier alpha value is -2.31. The van der Waals surface area contributed by atoms with Crippen LogP contribution in [-0.4, -0.2) is 40.4 Å². The number of nitrogens with zero attached hydrogens (tertiary/aromatic N) is 2. The molecule has 0 saturated carbocycles. The minimum Gasteiger partial charge on any atom is -0.489 e. The Bertz CT molecular complexity index is 519. The number of pyridine rings is 1. The van der Waals surface area contributed by atoms with E-state index in [4.69, 9.17) is 4.74 Å². The summed E-state index contributed by atoms with van der Waals surface area (Å²) in [6, 6.07) is 1.31. The number of carboxylic acids is 1. The van der Waals surface area contributed by atoms with E-state index in [1.54, 1.807) is 0 Å². The fraction of sp³-hybridized carbons (Fsp3) is 0.533. The highest BCUT2D eigenvalue weighted by Gasteiger charge is 2.24. The molecule has 1 rings (SSSR count).